The number of carbonyl (C=O) groups is 3. The fraction of sp³-hybridized carbons (Fsp3) is 0.516. The zero-order valence-electron chi connectivity index (χ0n) is 23.0. The standard InChI is InChI=1S/C31H38N2O6/c1-21-25(12-16-37-21)9-10-29(36)32-27-11-13-31(39-23(3)35)20-33(19-24-7-8-24)15-14-30(31,18-27)26-5-4-6-28(17-26)38-22(2)34/h4-6,9-10,12,16-17,24,27H,7-8,11,13-15,18-20H2,1-3H3,(H,32,36)/b10-9+/t27-,30+,31+/m1/s1. The number of piperidine rings is 1. The summed E-state index contributed by atoms with van der Waals surface area (Å²) in [5.74, 6) is 1.09. The average molecular weight is 535 g/mol. The van der Waals surface area contributed by atoms with Gasteiger partial charge in [-0.1, -0.05) is 12.1 Å². The Kier molecular flexibility index (Phi) is 7.67. The summed E-state index contributed by atoms with van der Waals surface area (Å²) in [7, 11) is 0. The summed E-state index contributed by atoms with van der Waals surface area (Å²) in [6.07, 6.45) is 10.1. The van der Waals surface area contributed by atoms with Gasteiger partial charge in [0.2, 0.25) is 5.91 Å². The van der Waals surface area contributed by atoms with Gasteiger partial charge in [-0.2, -0.15) is 0 Å². The predicted octanol–water partition coefficient (Wildman–Crippen LogP) is 4.55. The largest absolute Gasteiger partial charge is 0.469 e. The van der Waals surface area contributed by atoms with Crippen molar-refractivity contribution in [1.82, 2.24) is 10.2 Å². The first kappa shape index (κ1) is 27.2. The van der Waals surface area contributed by atoms with Gasteiger partial charge in [-0.15, -0.1) is 0 Å². The number of nitrogens with one attached hydrogen (secondary N) is 1. The van der Waals surface area contributed by atoms with Gasteiger partial charge in [-0.3, -0.25) is 19.3 Å². The van der Waals surface area contributed by atoms with Crippen molar-refractivity contribution in [2.75, 3.05) is 19.6 Å². The van der Waals surface area contributed by atoms with Crippen molar-refractivity contribution in [3.8, 4) is 5.75 Å². The lowest BCUT2D eigenvalue weighted by atomic mass is 9.55. The molecule has 1 amide bonds. The minimum absolute atomic E-state index is 0.108. The monoisotopic (exact) mass is 534 g/mol. The molecule has 1 saturated heterocycles. The highest BCUT2D eigenvalue weighted by Crippen LogP contribution is 2.54. The second-order valence-electron chi connectivity index (χ2n) is 11.4. The number of amides is 1. The van der Waals surface area contributed by atoms with Crippen LogP contribution in [0.1, 0.15) is 69.3 Å². The molecule has 3 fully saturated rings. The van der Waals surface area contributed by atoms with Crippen molar-refractivity contribution in [3.05, 3.63) is 59.6 Å². The number of esters is 2. The van der Waals surface area contributed by atoms with E-state index in [9.17, 15) is 14.4 Å². The zero-order valence-corrected chi connectivity index (χ0v) is 23.0. The summed E-state index contributed by atoms with van der Waals surface area (Å²) in [5, 5.41) is 3.20. The molecule has 1 aromatic carbocycles. The maximum atomic E-state index is 13.0. The summed E-state index contributed by atoms with van der Waals surface area (Å²) in [6, 6.07) is 9.31. The lowest BCUT2D eigenvalue weighted by molar-refractivity contribution is -0.187. The van der Waals surface area contributed by atoms with E-state index in [1.54, 1.807) is 18.4 Å². The predicted molar refractivity (Wildman–Crippen MR) is 146 cm³/mol. The van der Waals surface area contributed by atoms with Crippen molar-refractivity contribution in [1.29, 1.82) is 0 Å². The van der Waals surface area contributed by atoms with Crippen LogP contribution in [0.3, 0.4) is 0 Å². The topological polar surface area (TPSA) is 98.1 Å². The molecule has 2 aliphatic carbocycles. The Morgan fingerprint density at radius 1 is 1.13 bits per heavy atom. The van der Waals surface area contributed by atoms with Gasteiger partial charge in [0.05, 0.1) is 6.26 Å². The van der Waals surface area contributed by atoms with Crippen LogP contribution < -0.4 is 10.1 Å². The lowest BCUT2D eigenvalue weighted by Crippen LogP contribution is -2.68. The Bertz CT molecular complexity index is 1260. The molecular weight excluding hydrogens is 496 g/mol. The molecule has 2 aromatic rings. The number of nitrogens with zero attached hydrogens (tertiary/aromatic N) is 1. The Hall–Kier alpha value is -3.39. The molecule has 3 aliphatic rings. The first-order valence-corrected chi connectivity index (χ1v) is 13.9. The number of fused-ring (bicyclic) bond motifs is 1. The Morgan fingerprint density at radius 2 is 1.95 bits per heavy atom. The molecule has 2 saturated carbocycles. The van der Waals surface area contributed by atoms with Gasteiger partial charge in [-0.05, 0) is 87.7 Å². The van der Waals surface area contributed by atoms with E-state index in [4.69, 9.17) is 13.9 Å². The van der Waals surface area contributed by atoms with Crippen LogP contribution in [-0.4, -0.2) is 54.0 Å². The van der Waals surface area contributed by atoms with Crippen molar-refractivity contribution < 1.29 is 28.3 Å². The molecule has 0 spiro atoms. The van der Waals surface area contributed by atoms with Crippen LogP contribution in [0.2, 0.25) is 0 Å². The molecule has 208 valence electrons. The number of furan rings is 1. The molecule has 2 heterocycles. The maximum Gasteiger partial charge on any atom is 0.308 e. The van der Waals surface area contributed by atoms with E-state index in [0.29, 0.717) is 31.6 Å². The van der Waals surface area contributed by atoms with Crippen LogP contribution in [0.15, 0.2) is 47.1 Å². The second kappa shape index (κ2) is 11.0. The normalized spacial score (nSPS) is 27.1. The number of hydrogen-bond donors (Lipinski definition) is 1. The third-order valence-electron chi connectivity index (χ3n) is 8.56. The van der Waals surface area contributed by atoms with Gasteiger partial charge >= 0.3 is 11.9 Å². The smallest absolute Gasteiger partial charge is 0.308 e. The number of aryl methyl sites for hydroxylation is 1. The Labute approximate surface area is 229 Å². The number of benzene rings is 1. The summed E-state index contributed by atoms with van der Waals surface area (Å²) in [6.45, 7) is 7.26. The summed E-state index contributed by atoms with van der Waals surface area (Å²) in [5.41, 5.74) is 0.545. The summed E-state index contributed by atoms with van der Waals surface area (Å²) in [4.78, 5) is 39.7. The van der Waals surface area contributed by atoms with E-state index < -0.39 is 11.0 Å². The quantitative estimate of drug-likeness (QED) is 0.301. The summed E-state index contributed by atoms with van der Waals surface area (Å²) >= 11 is 0. The number of likely N-dealkylation sites (tertiary alicyclic amines) is 1. The lowest BCUT2D eigenvalue weighted by Gasteiger charge is -2.59. The van der Waals surface area contributed by atoms with Crippen LogP contribution in [-0.2, 0) is 24.5 Å². The minimum Gasteiger partial charge on any atom is -0.469 e. The number of rotatable bonds is 8. The van der Waals surface area contributed by atoms with E-state index in [-0.39, 0.29) is 23.9 Å². The van der Waals surface area contributed by atoms with Crippen molar-refractivity contribution in [3.63, 3.8) is 0 Å². The highest BCUT2D eigenvalue weighted by molar-refractivity contribution is 5.92. The van der Waals surface area contributed by atoms with Gasteiger partial charge in [0.25, 0.3) is 0 Å². The van der Waals surface area contributed by atoms with Crippen molar-refractivity contribution >= 4 is 23.9 Å². The number of carbonyl (C=O) groups excluding carboxylic acids is 3. The highest BCUT2D eigenvalue weighted by atomic mass is 16.6. The fourth-order valence-electron chi connectivity index (χ4n) is 6.64. The third-order valence-corrected chi connectivity index (χ3v) is 8.56. The van der Waals surface area contributed by atoms with E-state index in [0.717, 1.165) is 42.3 Å². The van der Waals surface area contributed by atoms with Crippen LogP contribution in [0.25, 0.3) is 6.08 Å². The average Bonchev–Trinajstić information content (AvgIpc) is 3.60. The van der Waals surface area contributed by atoms with Crippen molar-refractivity contribution in [2.45, 2.75) is 76.4 Å². The van der Waals surface area contributed by atoms with E-state index in [2.05, 4.69) is 10.2 Å². The molecule has 1 aliphatic heterocycles. The molecule has 0 bridgehead atoms. The molecule has 0 radical (unpaired) electrons. The third kappa shape index (κ3) is 5.96. The van der Waals surface area contributed by atoms with Gasteiger partial charge < -0.3 is 19.2 Å². The molecule has 39 heavy (non-hydrogen) atoms. The zero-order chi connectivity index (χ0) is 27.6. The molecule has 0 unspecified atom stereocenters. The van der Waals surface area contributed by atoms with Gasteiger partial charge in [0.15, 0.2) is 0 Å². The highest BCUT2D eigenvalue weighted by Gasteiger charge is 2.61. The molecule has 8 nitrogen and oxygen atoms in total. The molecule has 3 atom stereocenters. The van der Waals surface area contributed by atoms with Crippen LogP contribution >= 0.6 is 0 Å². The van der Waals surface area contributed by atoms with E-state index >= 15 is 0 Å². The number of hydrogen-bond acceptors (Lipinski definition) is 7. The summed E-state index contributed by atoms with van der Waals surface area (Å²) < 4.78 is 17.1. The molecular formula is C31H38N2O6. The maximum absolute atomic E-state index is 13.0. The molecule has 1 N–H and O–H groups in total. The van der Waals surface area contributed by atoms with E-state index in [1.165, 1.54) is 32.8 Å². The molecule has 1 aromatic heterocycles. The first-order valence-electron chi connectivity index (χ1n) is 13.9. The minimum atomic E-state index is -0.744. The van der Waals surface area contributed by atoms with Gasteiger partial charge in [-0.25, -0.2) is 0 Å². The Morgan fingerprint density at radius 3 is 2.64 bits per heavy atom. The fourth-order valence-corrected chi connectivity index (χ4v) is 6.64. The Balaban J connectivity index is 1.46. The van der Waals surface area contributed by atoms with Crippen LogP contribution in [0, 0.1) is 12.8 Å². The van der Waals surface area contributed by atoms with Crippen molar-refractivity contribution in [2.24, 2.45) is 5.92 Å². The first-order chi connectivity index (χ1) is 18.7. The molecule has 5 rings (SSSR count). The van der Waals surface area contributed by atoms with Crippen LogP contribution in [0.4, 0.5) is 0 Å². The second-order valence-corrected chi connectivity index (χ2v) is 11.4. The molecule has 8 heteroatoms. The van der Waals surface area contributed by atoms with Crippen LogP contribution in [0.5, 0.6) is 5.75 Å². The SMILES string of the molecule is CC(=O)Oc1cccc([C@@]23CCN(CC4CC4)C[C@@]2(OC(C)=O)CC[C@@H](NC(=O)/C=C/c2ccoc2C)C3)c1. The van der Waals surface area contributed by atoms with E-state index in [1.807, 2.05) is 31.2 Å². The number of ether oxygens (including phenoxy) is 2. The van der Waals surface area contributed by atoms with Gasteiger partial charge in [0.1, 0.15) is 17.1 Å². The van der Waals surface area contributed by atoms with Gasteiger partial charge in [0, 0.05) is 50.0 Å².